The molecule has 2 aliphatic heterocycles. The lowest BCUT2D eigenvalue weighted by Gasteiger charge is -2.34. The number of piperidine rings is 1. The van der Waals surface area contributed by atoms with E-state index in [0.29, 0.717) is 40.7 Å². The topological polar surface area (TPSA) is 111 Å². The molecule has 4 N–H and O–H groups in total. The second-order valence-electron chi connectivity index (χ2n) is 7.72. The molecule has 28 heavy (non-hydrogen) atoms. The highest BCUT2D eigenvalue weighted by Crippen LogP contribution is 2.32. The fraction of sp³-hybridized carbons (Fsp3) is 0.350. The number of H-pyrrole nitrogens is 2. The third-order valence-corrected chi connectivity index (χ3v) is 5.90. The number of nitrogen functional groups attached to an aromatic ring is 1. The Hall–Kier alpha value is -3.13. The van der Waals surface area contributed by atoms with Gasteiger partial charge in [-0.3, -0.25) is 9.59 Å². The number of benzene rings is 1. The second kappa shape index (κ2) is 6.20. The minimum absolute atomic E-state index is 0.0769. The third kappa shape index (κ3) is 2.60. The Kier molecular flexibility index (Phi) is 3.77. The number of hydrogen-bond donors (Lipinski definition) is 3. The molecule has 1 saturated heterocycles. The summed E-state index contributed by atoms with van der Waals surface area (Å²) in [5.74, 6) is 0.491. The van der Waals surface area contributed by atoms with Gasteiger partial charge in [0, 0.05) is 30.0 Å². The molecule has 0 aliphatic carbocycles. The number of pyridine rings is 1. The zero-order valence-corrected chi connectivity index (χ0v) is 15.7. The smallest absolute Gasteiger partial charge is 0.261 e. The van der Waals surface area contributed by atoms with Gasteiger partial charge in [-0.25, -0.2) is 4.98 Å². The Balaban J connectivity index is 1.50. The molecule has 1 fully saturated rings. The summed E-state index contributed by atoms with van der Waals surface area (Å²) in [6, 6.07) is 5.73. The molecule has 8 nitrogen and oxygen atoms in total. The molecule has 0 unspecified atom stereocenters. The van der Waals surface area contributed by atoms with Crippen molar-refractivity contribution in [3.63, 3.8) is 0 Å². The standard InChI is InChI=1S/C20H22N6O2/c1-25-6-3-12(4-7-25)26-10-11-8-15-16(9-13(11)20(26)28)24-18(23-15)17-14(21)2-5-22-19(17)27/h2,5,8-9,12H,3-4,6-7,10H2,1H3,(H,23,24)(H3,21,22,27). The Morgan fingerprint density at radius 1 is 1.21 bits per heavy atom. The highest BCUT2D eigenvalue weighted by Gasteiger charge is 2.34. The van der Waals surface area contributed by atoms with Gasteiger partial charge in [-0.05, 0) is 56.7 Å². The molecular formula is C20H22N6O2. The van der Waals surface area contributed by atoms with Crippen molar-refractivity contribution in [2.75, 3.05) is 25.9 Å². The minimum atomic E-state index is -0.295. The number of aromatic amines is 2. The molecule has 4 heterocycles. The monoisotopic (exact) mass is 378 g/mol. The largest absolute Gasteiger partial charge is 0.398 e. The van der Waals surface area contributed by atoms with Crippen LogP contribution in [0.15, 0.2) is 29.2 Å². The van der Waals surface area contributed by atoms with Gasteiger partial charge in [0.25, 0.3) is 11.5 Å². The Labute approximate surface area is 161 Å². The van der Waals surface area contributed by atoms with Crippen LogP contribution in [-0.4, -0.2) is 56.8 Å². The van der Waals surface area contributed by atoms with Gasteiger partial charge in [0.15, 0.2) is 0 Å². The number of nitrogens with two attached hydrogens (primary N) is 1. The van der Waals surface area contributed by atoms with Gasteiger partial charge in [-0.1, -0.05) is 0 Å². The van der Waals surface area contributed by atoms with Gasteiger partial charge < -0.3 is 25.5 Å². The molecule has 3 aromatic rings. The average molecular weight is 378 g/mol. The predicted octanol–water partition coefficient (Wildman–Crippen LogP) is 1.55. The lowest BCUT2D eigenvalue weighted by molar-refractivity contribution is 0.0617. The number of imidazole rings is 1. The first-order valence-corrected chi connectivity index (χ1v) is 9.51. The van der Waals surface area contributed by atoms with E-state index in [-0.39, 0.29) is 11.5 Å². The third-order valence-electron chi connectivity index (χ3n) is 5.90. The first kappa shape index (κ1) is 17.0. The van der Waals surface area contributed by atoms with Gasteiger partial charge in [-0.15, -0.1) is 0 Å². The second-order valence-corrected chi connectivity index (χ2v) is 7.72. The molecule has 0 spiro atoms. The summed E-state index contributed by atoms with van der Waals surface area (Å²) in [6.45, 7) is 2.66. The van der Waals surface area contributed by atoms with Gasteiger partial charge >= 0.3 is 0 Å². The molecule has 144 valence electrons. The molecule has 0 atom stereocenters. The fourth-order valence-corrected chi connectivity index (χ4v) is 4.30. The van der Waals surface area contributed by atoms with Crippen molar-refractivity contribution in [3.05, 3.63) is 45.9 Å². The summed E-state index contributed by atoms with van der Waals surface area (Å²) in [5.41, 5.74) is 9.52. The van der Waals surface area contributed by atoms with E-state index >= 15 is 0 Å². The number of fused-ring (bicyclic) bond motifs is 2. The van der Waals surface area contributed by atoms with Crippen LogP contribution in [-0.2, 0) is 6.54 Å². The summed E-state index contributed by atoms with van der Waals surface area (Å²) in [4.78, 5) is 39.8. The number of carbonyl (C=O) groups is 1. The number of likely N-dealkylation sites (tertiary alicyclic amines) is 1. The van der Waals surface area contributed by atoms with Gasteiger partial charge in [0.2, 0.25) is 0 Å². The van der Waals surface area contributed by atoms with Gasteiger partial charge in [0.1, 0.15) is 11.4 Å². The molecule has 0 saturated carbocycles. The zero-order valence-electron chi connectivity index (χ0n) is 15.7. The molecular weight excluding hydrogens is 356 g/mol. The quantitative estimate of drug-likeness (QED) is 0.627. The highest BCUT2D eigenvalue weighted by molar-refractivity contribution is 6.02. The van der Waals surface area contributed by atoms with Crippen molar-refractivity contribution >= 4 is 22.6 Å². The Bertz CT molecular complexity index is 1140. The Morgan fingerprint density at radius 3 is 2.75 bits per heavy atom. The van der Waals surface area contributed by atoms with Crippen LogP contribution in [0.1, 0.15) is 28.8 Å². The van der Waals surface area contributed by atoms with Crippen LogP contribution >= 0.6 is 0 Å². The van der Waals surface area contributed by atoms with E-state index in [0.717, 1.165) is 37.0 Å². The van der Waals surface area contributed by atoms with Crippen LogP contribution in [0.3, 0.4) is 0 Å². The van der Waals surface area contributed by atoms with E-state index in [9.17, 15) is 9.59 Å². The molecule has 2 aromatic heterocycles. The van der Waals surface area contributed by atoms with Crippen LogP contribution < -0.4 is 11.3 Å². The summed E-state index contributed by atoms with van der Waals surface area (Å²) >= 11 is 0. The minimum Gasteiger partial charge on any atom is -0.398 e. The molecule has 0 bridgehead atoms. The van der Waals surface area contributed by atoms with Crippen molar-refractivity contribution in [1.82, 2.24) is 24.8 Å². The lowest BCUT2D eigenvalue weighted by atomic mass is 10.0. The fourth-order valence-electron chi connectivity index (χ4n) is 4.30. The van der Waals surface area contributed by atoms with Crippen molar-refractivity contribution < 1.29 is 4.79 Å². The van der Waals surface area contributed by atoms with Crippen molar-refractivity contribution in [1.29, 1.82) is 0 Å². The summed E-state index contributed by atoms with van der Waals surface area (Å²) in [6.07, 6.45) is 3.52. The number of rotatable bonds is 2. The molecule has 1 amide bonds. The number of anilines is 1. The Morgan fingerprint density at radius 2 is 2.00 bits per heavy atom. The first-order chi connectivity index (χ1) is 13.5. The maximum absolute atomic E-state index is 13.0. The maximum Gasteiger partial charge on any atom is 0.261 e. The SMILES string of the molecule is CN1CCC(N2Cc3cc4[nH]c(-c5c(N)cc[nH]c5=O)nc4cc3C2=O)CC1. The molecule has 1 aromatic carbocycles. The van der Waals surface area contributed by atoms with Crippen molar-refractivity contribution in [2.24, 2.45) is 0 Å². The summed E-state index contributed by atoms with van der Waals surface area (Å²) in [7, 11) is 2.12. The van der Waals surface area contributed by atoms with Crippen molar-refractivity contribution in [2.45, 2.75) is 25.4 Å². The van der Waals surface area contributed by atoms with E-state index in [4.69, 9.17) is 5.73 Å². The van der Waals surface area contributed by atoms with Gasteiger partial charge in [0.05, 0.1) is 11.0 Å². The van der Waals surface area contributed by atoms with Crippen LogP contribution in [0.4, 0.5) is 5.69 Å². The normalized spacial score (nSPS) is 18.2. The number of aromatic nitrogens is 3. The average Bonchev–Trinajstić information content (AvgIpc) is 3.21. The van der Waals surface area contributed by atoms with E-state index in [1.54, 1.807) is 6.07 Å². The van der Waals surface area contributed by atoms with Crippen LogP contribution in [0.25, 0.3) is 22.4 Å². The molecule has 8 heteroatoms. The van der Waals surface area contributed by atoms with Crippen molar-refractivity contribution in [3.8, 4) is 11.4 Å². The van der Waals surface area contributed by atoms with E-state index in [1.165, 1.54) is 6.20 Å². The molecule has 2 aliphatic rings. The van der Waals surface area contributed by atoms with E-state index in [1.807, 2.05) is 17.0 Å². The number of carbonyl (C=O) groups excluding carboxylic acids is 1. The van der Waals surface area contributed by atoms with E-state index in [2.05, 4.69) is 26.9 Å². The van der Waals surface area contributed by atoms with Crippen LogP contribution in [0.2, 0.25) is 0 Å². The van der Waals surface area contributed by atoms with Gasteiger partial charge in [-0.2, -0.15) is 0 Å². The highest BCUT2D eigenvalue weighted by atomic mass is 16.2. The number of nitrogens with zero attached hydrogens (tertiary/aromatic N) is 3. The number of hydrogen-bond acceptors (Lipinski definition) is 5. The zero-order chi connectivity index (χ0) is 19.4. The van der Waals surface area contributed by atoms with Crippen LogP contribution in [0.5, 0.6) is 0 Å². The maximum atomic E-state index is 13.0. The summed E-state index contributed by atoms with van der Waals surface area (Å²) in [5, 5.41) is 0. The predicted molar refractivity (Wildman–Crippen MR) is 107 cm³/mol. The van der Waals surface area contributed by atoms with Crippen LogP contribution in [0, 0.1) is 0 Å². The molecule has 5 rings (SSSR count). The van der Waals surface area contributed by atoms with E-state index < -0.39 is 0 Å². The first-order valence-electron chi connectivity index (χ1n) is 9.51. The lowest BCUT2D eigenvalue weighted by Crippen LogP contribution is -2.43. The summed E-state index contributed by atoms with van der Waals surface area (Å²) < 4.78 is 0. The molecule has 0 radical (unpaired) electrons. The number of nitrogens with one attached hydrogen (secondary N) is 2. The number of amides is 1.